The van der Waals surface area contributed by atoms with Gasteiger partial charge in [0.25, 0.3) is 0 Å². The molecule has 0 aliphatic carbocycles. The molecule has 0 bridgehead atoms. The number of ether oxygens (including phenoxy) is 2. The predicted molar refractivity (Wildman–Crippen MR) is 71.3 cm³/mol. The zero-order chi connectivity index (χ0) is 13.1. The molecule has 0 amide bonds. The third kappa shape index (κ3) is 2.19. The molecule has 0 atom stereocenters. The van der Waals surface area contributed by atoms with E-state index in [4.69, 9.17) is 14.6 Å². The van der Waals surface area contributed by atoms with Crippen molar-refractivity contribution in [3.63, 3.8) is 0 Å². The summed E-state index contributed by atoms with van der Waals surface area (Å²) in [5.41, 5.74) is 2.66. The Balaban J connectivity index is 2.53. The number of aromatic nitrogens is 1. The van der Waals surface area contributed by atoms with Gasteiger partial charge in [-0.05, 0) is 19.1 Å². The van der Waals surface area contributed by atoms with E-state index in [9.17, 15) is 0 Å². The lowest BCUT2D eigenvalue weighted by Gasteiger charge is -2.13. The molecular weight excluding hydrogens is 250 g/mol. The van der Waals surface area contributed by atoms with Gasteiger partial charge in [0.2, 0.25) is 0 Å². The third-order valence-corrected chi connectivity index (χ3v) is 3.58. The zero-order valence-corrected chi connectivity index (χ0v) is 11.4. The molecule has 0 fully saturated rings. The fourth-order valence-electron chi connectivity index (χ4n) is 1.87. The summed E-state index contributed by atoms with van der Waals surface area (Å²) in [7, 11) is 3.26. The molecule has 0 radical (unpaired) electrons. The van der Waals surface area contributed by atoms with Crippen molar-refractivity contribution in [2.45, 2.75) is 13.5 Å². The van der Waals surface area contributed by atoms with E-state index in [1.54, 1.807) is 14.2 Å². The van der Waals surface area contributed by atoms with Crippen LogP contribution in [0.25, 0.3) is 11.3 Å². The molecule has 1 aromatic heterocycles. The fourth-order valence-corrected chi connectivity index (χ4v) is 2.52. The van der Waals surface area contributed by atoms with Crippen LogP contribution in [-0.4, -0.2) is 24.3 Å². The SMILES string of the molecule is COc1ccc(-c2csc(CO)n2)c(OC)c1C. The minimum absolute atomic E-state index is 0.0396. The van der Waals surface area contributed by atoms with Crippen molar-refractivity contribution in [1.29, 1.82) is 0 Å². The van der Waals surface area contributed by atoms with Crippen LogP contribution in [0.2, 0.25) is 0 Å². The number of aliphatic hydroxyl groups is 1. The Labute approximate surface area is 110 Å². The topological polar surface area (TPSA) is 51.6 Å². The average Bonchev–Trinajstić information content (AvgIpc) is 2.87. The molecule has 0 saturated carbocycles. The summed E-state index contributed by atoms with van der Waals surface area (Å²) in [6, 6.07) is 3.81. The number of benzene rings is 1. The van der Waals surface area contributed by atoms with Crippen LogP contribution >= 0.6 is 11.3 Å². The molecule has 1 aromatic carbocycles. The first-order valence-corrected chi connectivity index (χ1v) is 6.36. The van der Waals surface area contributed by atoms with Gasteiger partial charge in [0.15, 0.2) is 0 Å². The molecule has 2 rings (SSSR count). The lowest BCUT2D eigenvalue weighted by atomic mass is 10.1. The molecule has 96 valence electrons. The lowest BCUT2D eigenvalue weighted by molar-refractivity contribution is 0.281. The lowest BCUT2D eigenvalue weighted by Crippen LogP contribution is -1.95. The second kappa shape index (κ2) is 5.37. The van der Waals surface area contributed by atoms with E-state index in [0.29, 0.717) is 5.01 Å². The Morgan fingerprint density at radius 1 is 1.28 bits per heavy atom. The molecule has 5 heteroatoms. The van der Waals surface area contributed by atoms with E-state index < -0.39 is 0 Å². The average molecular weight is 265 g/mol. The van der Waals surface area contributed by atoms with E-state index in [1.807, 2.05) is 24.4 Å². The largest absolute Gasteiger partial charge is 0.496 e. The number of rotatable bonds is 4. The first kappa shape index (κ1) is 12.9. The molecular formula is C13H15NO3S. The minimum Gasteiger partial charge on any atom is -0.496 e. The summed E-state index contributed by atoms with van der Waals surface area (Å²) in [6.45, 7) is 1.91. The molecule has 0 aliphatic rings. The Bertz CT molecular complexity index is 551. The van der Waals surface area contributed by atoms with Crippen LogP contribution in [0, 0.1) is 6.92 Å². The maximum atomic E-state index is 9.06. The smallest absolute Gasteiger partial charge is 0.134 e. The fraction of sp³-hybridized carbons (Fsp3) is 0.308. The number of methoxy groups -OCH3 is 2. The van der Waals surface area contributed by atoms with Gasteiger partial charge in [-0.1, -0.05) is 0 Å². The summed E-state index contributed by atoms with van der Waals surface area (Å²) >= 11 is 1.43. The predicted octanol–water partition coefficient (Wildman–Crippen LogP) is 2.63. The highest BCUT2D eigenvalue weighted by Crippen LogP contribution is 2.37. The number of aliphatic hydroxyl groups excluding tert-OH is 1. The van der Waals surface area contributed by atoms with Gasteiger partial charge in [0, 0.05) is 16.5 Å². The van der Waals surface area contributed by atoms with Crippen LogP contribution in [0.4, 0.5) is 0 Å². The van der Waals surface area contributed by atoms with Crippen LogP contribution in [0.5, 0.6) is 11.5 Å². The highest BCUT2D eigenvalue weighted by atomic mass is 32.1. The minimum atomic E-state index is -0.0396. The Kier molecular flexibility index (Phi) is 3.84. The second-order valence-corrected chi connectivity index (χ2v) is 4.70. The van der Waals surface area contributed by atoms with Crippen molar-refractivity contribution in [2.24, 2.45) is 0 Å². The quantitative estimate of drug-likeness (QED) is 0.923. The van der Waals surface area contributed by atoms with Crippen molar-refractivity contribution in [2.75, 3.05) is 14.2 Å². The van der Waals surface area contributed by atoms with Gasteiger partial charge < -0.3 is 14.6 Å². The summed E-state index contributed by atoms with van der Waals surface area (Å²) in [5, 5.41) is 11.7. The van der Waals surface area contributed by atoms with E-state index in [1.165, 1.54) is 11.3 Å². The highest BCUT2D eigenvalue weighted by molar-refractivity contribution is 7.09. The molecule has 2 aromatic rings. The van der Waals surface area contributed by atoms with E-state index in [2.05, 4.69) is 4.98 Å². The van der Waals surface area contributed by atoms with E-state index in [0.717, 1.165) is 28.3 Å². The molecule has 0 saturated heterocycles. The van der Waals surface area contributed by atoms with Crippen molar-refractivity contribution in [1.82, 2.24) is 4.98 Å². The summed E-state index contributed by atoms with van der Waals surface area (Å²) in [4.78, 5) is 4.35. The number of nitrogens with zero attached hydrogens (tertiary/aromatic N) is 1. The number of hydrogen-bond acceptors (Lipinski definition) is 5. The van der Waals surface area contributed by atoms with Gasteiger partial charge in [-0.25, -0.2) is 4.98 Å². The number of hydrogen-bond donors (Lipinski definition) is 1. The molecule has 0 spiro atoms. The van der Waals surface area contributed by atoms with Crippen LogP contribution in [0.3, 0.4) is 0 Å². The molecule has 0 aliphatic heterocycles. The van der Waals surface area contributed by atoms with Gasteiger partial charge >= 0.3 is 0 Å². The maximum Gasteiger partial charge on any atom is 0.134 e. The molecule has 4 nitrogen and oxygen atoms in total. The molecule has 0 unspecified atom stereocenters. The van der Waals surface area contributed by atoms with Crippen LogP contribution in [0.15, 0.2) is 17.5 Å². The Hall–Kier alpha value is -1.59. The first-order chi connectivity index (χ1) is 8.71. The standard InChI is InChI=1S/C13H15NO3S/c1-8-11(16-2)5-4-9(13(8)17-3)10-7-18-12(6-15)14-10/h4-5,7,15H,6H2,1-3H3. The molecule has 1 heterocycles. The van der Waals surface area contributed by atoms with Gasteiger partial charge in [0.05, 0.1) is 26.5 Å². The van der Waals surface area contributed by atoms with Crippen LogP contribution in [-0.2, 0) is 6.61 Å². The van der Waals surface area contributed by atoms with E-state index in [-0.39, 0.29) is 6.61 Å². The van der Waals surface area contributed by atoms with Crippen molar-refractivity contribution in [3.8, 4) is 22.8 Å². The van der Waals surface area contributed by atoms with E-state index >= 15 is 0 Å². The molecule has 1 N–H and O–H groups in total. The normalized spacial score (nSPS) is 10.4. The monoisotopic (exact) mass is 265 g/mol. The maximum absolute atomic E-state index is 9.06. The van der Waals surface area contributed by atoms with Crippen LogP contribution in [0.1, 0.15) is 10.6 Å². The summed E-state index contributed by atoms with van der Waals surface area (Å²) < 4.78 is 10.7. The third-order valence-electron chi connectivity index (χ3n) is 2.74. The summed E-state index contributed by atoms with van der Waals surface area (Å²) in [5.74, 6) is 1.54. The Morgan fingerprint density at radius 3 is 2.61 bits per heavy atom. The van der Waals surface area contributed by atoms with Gasteiger partial charge in [-0.15, -0.1) is 11.3 Å². The molecule has 18 heavy (non-hydrogen) atoms. The van der Waals surface area contributed by atoms with Crippen molar-refractivity contribution < 1.29 is 14.6 Å². The summed E-state index contributed by atoms with van der Waals surface area (Å²) in [6.07, 6.45) is 0. The first-order valence-electron chi connectivity index (χ1n) is 5.48. The second-order valence-electron chi connectivity index (χ2n) is 3.76. The van der Waals surface area contributed by atoms with Crippen LogP contribution < -0.4 is 9.47 Å². The zero-order valence-electron chi connectivity index (χ0n) is 10.6. The van der Waals surface area contributed by atoms with Gasteiger partial charge in [0.1, 0.15) is 16.5 Å². The van der Waals surface area contributed by atoms with Gasteiger partial charge in [-0.2, -0.15) is 0 Å². The highest BCUT2D eigenvalue weighted by Gasteiger charge is 2.14. The number of thiazole rings is 1. The van der Waals surface area contributed by atoms with Crippen molar-refractivity contribution >= 4 is 11.3 Å². The Morgan fingerprint density at radius 2 is 2.06 bits per heavy atom. The van der Waals surface area contributed by atoms with Gasteiger partial charge in [-0.3, -0.25) is 0 Å². The van der Waals surface area contributed by atoms with Crippen molar-refractivity contribution in [3.05, 3.63) is 28.1 Å².